The van der Waals surface area contributed by atoms with Gasteiger partial charge in [0.25, 0.3) is 0 Å². The van der Waals surface area contributed by atoms with Gasteiger partial charge in [0.15, 0.2) is 6.10 Å². The van der Waals surface area contributed by atoms with Gasteiger partial charge in [-0.25, -0.2) is 0 Å². The molecule has 0 amide bonds. The van der Waals surface area contributed by atoms with E-state index < -0.39 is 6.10 Å². The number of allylic oxidation sites excluding steroid dienone is 18. The van der Waals surface area contributed by atoms with Crippen molar-refractivity contribution in [3.05, 3.63) is 109 Å². The molecule has 0 aromatic heterocycles. The highest BCUT2D eigenvalue weighted by Crippen LogP contribution is 2.12. The van der Waals surface area contributed by atoms with Crippen LogP contribution in [0.2, 0.25) is 0 Å². The lowest BCUT2D eigenvalue weighted by molar-refractivity contribution is -0.163. The van der Waals surface area contributed by atoms with Gasteiger partial charge in [-0.05, 0) is 96.3 Å². The molecule has 1 atom stereocenters. The number of ether oxygens (including phenoxy) is 3. The van der Waals surface area contributed by atoms with E-state index in [-0.39, 0.29) is 25.2 Å². The van der Waals surface area contributed by atoms with Crippen LogP contribution in [0.4, 0.5) is 0 Å². The third kappa shape index (κ3) is 45.3. The van der Waals surface area contributed by atoms with Crippen molar-refractivity contribution in [1.82, 2.24) is 0 Å². The summed E-state index contributed by atoms with van der Waals surface area (Å²) in [7, 11) is 0. The SMILES string of the molecule is CC/C=C\C/C=C\C/C=C\C/C=C\C/C=C\C/C=C\CCCOCC(COC(=O)CCCCCCCCC/C=C\C/C=C\C/C=C\CC)OC(=O)CCCCCCC. The fourth-order valence-corrected chi connectivity index (χ4v) is 5.89. The van der Waals surface area contributed by atoms with Crippen LogP contribution < -0.4 is 0 Å². The van der Waals surface area contributed by atoms with Gasteiger partial charge >= 0.3 is 11.9 Å². The van der Waals surface area contributed by atoms with Crippen LogP contribution in [0.3, 0.4) is 0 Å². The molecule has 0 saturated heterocycles. The summed E-state index contributed by atoms with van der Waals surface area (Å²) in [6.07, 6.45) is 65.6. The molecule has 5 heteroatoms. The molecule has 1 unspecified atom stereocenters. The lowest BCUT2D eigenvalue weighted by Gasteiger charge is -2.18. The summed E-state index contributed by atoms with van der Waals surface area (Å²) in [6.45, 7) is 7.35. The van der Waals surface area contributed by atoms with E-state index in [4.69, 9.17) is 14.2 Å². The zero-order chi connectivity index (χ0) is 42.1. The van der Waals surface area contributed by atoms with E-state index in [9.17, 15) is 9.59 Å². The summed E-state index contributed by atoms with van der Waals surface area (Å²) in [4.78, 5) is 25.0. The topological polar surface area (TPSA) is 61.8 Å². The average molecular weight is 803 g/mol. The highest BCUT2D eigenvalue weighted by molar-refractivity contribution is 5.70. The number of hydrogen-bond acceptors (Lipinski definition) is 5. The number of hydrogen-bond donors (Lipinski definition) is 0. The maximum Gasteiger partial charge on any atom is 0.306 e. The van der Waals surface area contributed by atoms with Crippen molar-refractivity contribution in [2.75, 3.05) is 19.8 Å². The molecule has 0 rings (SSSR count). The lowest BCUT2D eigenvalue weighted by Crippen LogP contribution is -2.30. The third-order valence-corrected chi connectivity index (χ3v) is 9.30. The number of carbonyl (C=O) groups is 2. The Balaban J connectivity index is 4.19. The van der Waals surface area contributed by atoms with Crippen molar-refractivity contribution < 1.29 is 23.8 Å². The lowest BCUT2D eigenvalue weighted by atomic mass is 10.1. The van der Waals surface area contributed by atoms with Gasteiger partial charge in [0.2, 0.25) is 0 Å². The van der Waals surface area contributed by atoms with E-state index in [1.807, 2.05) is 0 Å². The van der Waals surface area contributed by atoms with Crippen molar-refractivity contribution in [3.63, 3.8) is 0 Å². The first-order chi connectivity index (χ1) is 28.6. The van der Waals surface area contributed by atoms with Crippen molar-refractivity contribution in [3.8, 4) is 0 Å². The predicted octanol–water partition coefficient (Wildman–Crippen LogP) is 15.7. The summed E-state index contributed by atoms with van der Waals surface area (Å²) in [6, 6.07) is 0. The zero-order valence-corrected chi connectivity index (χ0v) is 37.5. The number of carbonyl (C=O) groups excluding carboxylic acids is 2. The Bertz CT molecular complexity index is 1180. The molecular weight excluding hydrogens is 717 g/mol. The molecule has 0 saturated carbocycles. The van der Waals surface area contributed by atoms with Gasteiger partial charge in [0, 0.05) is 19.4 Å². The van der Waals surface area contributed by atoms with Crippen LogP contribution in [0, 0.1) is 0 Å². The van der Waals surface area contributed by atoms with Crippen molar-refractivity contribution in [2.45, 2.75) is 194 Å². The van der Waals surface area contributed by atoms with Crippen molar-refractivity contribution in [1.29, 1.82) is 0 Å². The van der Waals surface area contributed by atoms with E-state index in [0.29, 0.717) is 19.4 Å². The Morgan fingerprint density at radius 3 is 1.24 bits per heavy atom. The Labute approximate surface area is 357 Å². The van der Waals surface area contributed by atoms with Gasteiger partial charge in [-0.1, -0.05) is 188 Å². The molecule has 0 radical (unpaired) electrons. The van der Waals surface area contributed by atoms with E-state index in [1.165, 1.54) is 38.5 Å². The normalized spacial score (nSPS) is 13.2. The molecule has 0 aliphatic rings. The van der Waals surface area contributed by atoms with Gasteiger partial charge in [0.1, 0.15) is 6.61 Å². The van der Waals surface area contributed by atoms with Crippen LogP contribution in [0.1, 0.15) is 188 Å². The van der Waals surface area contributed by atoms with Gasteiger partial charge in [-0.15, -0.1) is 0 Å². The zero-order valence-electron chi connectivity index (χ0n) is 37.5. The molecule has 0 heterocycles. The van der Waals surface area contributed by atoms with Crippen LogP contribution >= 0.6 is 0 Å². The maximum atomic E-state index is 12.6. The van der Waals surface area contributed by atoms with Crippen LogP contribution in [0.25, 0.3) is 0 Å². The quantitative estimate of drug-likeness (QED) is 0.0350. The molecule has 0 bridgehead atoms. The molecule has 5 nitrogen and oxygen atoms in total. The van der Waals surface area contributed by atoms with Crippen LogP contribution in [0.5, 0.6) is 0 Å². The van der Waals surface area contributed by atoms with Gasteiger partial charge in [-0.2, -0.15) is 0 Å². The minimum Gasteiger partial charge on any atom is -0.462 e. The monoisotopic (exact) mass is 803 g/mol. The molecule has 0 N–H and O–H groups in total. The Kier molecular flexibility index (Phi) is 45.1. The summed E-state index contributed by atoms with van der Waals surface area (Å²) in [5.74, 6) is -0.462. The maximum absolute atomic E-state index is 12.6. The second-order valence-electron chi connectivity index (χ2n) is 14.9. The molecular formula is C53H86O5. The third-order valence-electron chi connectivity index (χ3n) is 9.30. The first-order valence-electron chi connectivity index (χ1n) is 23.4. The van der Waals surface area contributed by atoms with E-state index in [1.54, 1.807) is 0 Å². The van der Waals surface area contributed by atoms with E-state index in [0.717, 1.165) is 116 Å². The highest BCUT2D eigenvalue weighted by Gasteiger charge is 2.17. The molecule has 58 heavy (non-hydrogen) atoms. The molecule has 328 valence electrons. The molecule has 0 fully saturated rings. The molecule has 0 aliphatic heterocycles. The van der Waals surface area contributed by atoms with Gasteiger partial charge in [-0.3, -0.25) is 9.59 Å². The summed E-state index contributed by atoms with van der Waals surface area (Å²) < 4.78 is 17.1. The first kappa shape index (κ1) is 54.6. The van der Waals surface area contributed by atoms with Gasteiger partial charge in [0.05, 0.1) is 6.61 Å². The Morgan fingerprint density at radius 2 is 0.776 bits per heavy atom. The van der Waals surface area contributed by atoms with Crippen molar-refractivity contribution in [2.24, 2.45) is 0 Å². The second kappa shape index (κ2) is 47.9. The van der Waals surface area contributed by atoms with E-state index in [2.05, 4.69) is 130 Å². The standard InChI is InChI=1S/C53H86O5/c1-4-7-10-13-15-17-19-21-23-25-26-27-29-31-33-35-37-39-42-45-48-56-49-51(58-53(55)47-44-40-12-9-6-3)50-57-52(54)46-43-41-38-36-34-32-30-28-24-22-20-18-16-14-11-8-5-2/h7-8,10-11,15-18,21-24,26-27,31,33,37,39,51H,4-6,9,12-14,19-20,25,28-30,32,34-36,38,40-50H2,1-3H3/b10-7-,11-8-,17-15-,18-16-,23-21-,24-22-,27-26-,33-31-,39-37-. The van der Waals surface area contributed by atoms with Crippen molar-refractivity contribution >= 4 is 11.9 Å². The summed E-state index contributed by atoms with van der Waals surface area (Å²) in [5.41, 5.74) is 0. The van der Waals surface area contributed by atoms with Crippen LogP contribution in [-0.2, 0) is 23.8 Å². The molecule has 0 aliphatic carbocycles. The van der Waals surface area contributed by atoms with Crippen LogP contribution in [-0.4, -0.2) is 37.9 Å². The Hall–Kier alpha value is -3.44. The fraction of sp³-hybridized carbons (Fsp3) is 0.623. The highest BCUT2D eigenvalue weighted by atomic mass is 16.6. The van der Waals surface area contributed by atoms with E-state index >= 15 is 0 Å². The molecule has 0 spiro atoms. The fourth-order valence-electron chi connectivity index (χ4n) is 5.89. The first-order valence-corrected chi connectivity index (χ1v) is 23.4. The van der Waals surface area contributed by atoms with Gasteiger partial charge < -0.3 is 14.2 Å². The number of unbranched alkanes of at least 4 members (excludes halogenated alkanes) is 12. The number of rotatable bonds is 41. The second-order valence-corrected chi connectivity index (χ2v) is 14.9. The minimum absolute atomic E-state index is 0.0502. The average Bonchev–Trinajstić information content (AvgIpc) is 3.22. The summed E-state index contributed by atoms with van der Waals surface area (Å²) >= 11 is 0. The minimum atomic E-state index is -0.572. The van der Waals surface area contributed by atoms with Crippen LogP contribution in [0.15, 0.2) is 109 Å². The molecule has 0 aromatic rings. The Morgan fingerprint density at radius 1 is 0.397 bits per heavy atom. The summed E-state index contributed by atoms with van der Waals surface area (Å²) in [5, 5.41) is 0. The largest absolute Gasteiger partial charge is 0.462 e. The predicted molar refractivity (Wildman–Crippen MR) is 251 cm³/mol. The molecule has 0 aromatic carbocycles. The smallest absolute Gasteiger partial charge is 0.306 e. The number of esters is 2.